The van der Waals surface area contributed by atoms with Gasteiger partial charge in [0.05, 0.1) is 5.56 Å². The Labute approximate surface area is 77.0 Å². The third-order valence-corrected chi connectivity index (χ3v) is 1.64. The summed E-state index contributed by atoms with van der Waals surface area (Å²) in [5, 5.41) is 17.0. The maximum absolute atomic E-state index is 8.74. The fourth-order valence-corrected chi connectivity index (χ4v) is 1.02. The molecule has 13 heavy (non-hydrogen) atoms. The first kappa shape index (κ1) is 8.85. The van der Waals surface area contributed by atoms with Crippen LogP contribution in [-0.2, 0) is 0 Å². The third-order valence-electron chi connectivity index (χ3n) is 1.64. The van der Waals surface area contributed by atoms with E-state index in [1.807, 2.05) is 19.1 Å². The van der Waals surface area contributed by atoms with Crippen LogP contribution in [0.5, 0.6) is 0 Å². The molecule has 0 saturated heterocycles. The minimum Gasteiger partial charge on any atom is -0.192 e. The van der Waals surface area contributed by atoms with E-state index in [1.165, 1.54) is 0 Å². The van der Waals surface area contributed by atoms with Crippen molar-refractivity contribution in [1.29, 1.82) is 10.5 Å². The Morgan fingerprint density at radius 3 is 2.62 bits per heavy atom. The molecule has 0 saturated carbocycles. The van der Waals surface area contributed by atoms with Crippen LogP contribution in [0.1, 0.15) is 16.7 Å². The van der Waals surface area contributed by atoms with E-state index in [0.717, 1.165) is 5.56 Å². The first-order chi connectivity index (χ1) is 6.29. The zero-order valence-corrected chi connectivity index (χ0v) is 7.13. The van der Waals surface area contributed by atoms with Crippen molar-refractivity contribution in [3.8, 4) is 24.0 Å². The van der Waals surface area contributed by atoms with E-state index in [2.05, 4.69) is 11.8 Å². The highest BCUT2D eigenvalue weighted by Crippen LogP contribution is 2.11. The van der Waals surface area contributed by atoms with Crippen molar-refractivity contribution in [2.24, 2.45) is 0 Å². The molecule has 1 rings (SSSR count). The van der Waals surface area contributed by atoms with Gasteiger partial charge in [0, 0.05) is 11.5 Å². The van der Waals surface area contributed by atoms with E-state index < -0.39 is 0 Å². The van der Waals surface area contributed by atoms with E-state index >= 15 is 0 Å². The molecule has 60 valence electrons. The first-order valence-corrected chi connectivity index (χ1v) is 3.69. The summed E-state index contributed by atoms with van der Waals surface area (Å²) in [6, 6.07) is 9.11. The molecule has 2 nitrogen and oxygen atoms in total. The van der Waals surface area contributed by atoms with Crippen LogP contribution in [0, 0.1) is 41.4 Å². The van der Waals surface area contributed by atoms with Gasteiger partial charge in [0.15, 0.2) is 6.07 Å². The summed E-state index contributed by atoms with van der Waals surface area (Å²) in [7, 11) is 0. The van der Waals surface area contributed by atoms with Crippen molar-refractivity contribution in [3.63, 3.8) is 0 Å². The van der Waals surface area contributed by atoms with Crippen molar-refractivity contribution in [1.82, 2.24) is 0 Å². The molecule has 0 N–H and O–H groups in total. The summed E-state index contributed by atoms with van der Waals surface area (Å²) in [6.07, 6.45) is 0. The Kier molecular flexibility index (Phi) is 2.69. The Morgan fingerprint density at radius 1 is 1.23 bits per heavy atom. The molecule has 0 radical (unpaired) electrons. The summed E-state index contributed by atoms with van der Waals surface area (Å²) in [5.41, 5.74) is 2.08. The van der Waals surface area contributed by atoms with Gasteiger partial charge in [0.25, 0.3) is 0 Å². The second kappa shape index (κ2) is 3.96. The van der Waals surface area contributed by atoms with Crippen LogP contribution in [0.3, 0.4) is 0 Å². The van der Waals surface area contributed by atoms with Crippen LogP contribution in [0.2, 0.25) is 0 Å². The molecule has 0 aliphatic heterocycles. The number of benzene rings is 1. The average Bonchev–Trinajstić information content (AvgIpc) is 2.15. The summed E-state index contributed by atoms with van der Waals surface area (Å²) < 4.78 is 0. The molecule has 0 atom stereocenters. The van der Waals surface area contributed by atoms with E-state index in [-0.39, 0.29) is 0 Å². The molecule has 0 fully saturated rings. The van der Waals surface area contributed by atoms with E-state index in [9.17, 15) is 0 Å². The molecule has 0 aliphatic rings. The Bertz CT molecular complexity index is 462. The van der Waals surface area contributed by atoms with Crippen molar-refractivity contribution in [3.05, 3.63) is 34.9 Å². The van der Waals surface area contributed by atoms with Crippen LogP contribution in [0.4, 0.5) is 0 Å². The zero-order valence-electron chi connectivity index (χ0n) is 7.13. The average molecular weight is 166 g/mol. The predicted octanol–water partition coefficient (Wildman–Crippen LogP) is 1.74. The fourth-order valence-electron chi connectivity index (χ4n) is 1.02. The monoisotopic (exact) mass is 166 g/mol. The lowest BCUT2D eigenvalue weighted by atomic mass is 10.0. The number of hydrogen-bond donors (Lipinski definition) is 0. The molecule has 0 aromatic heterocycles. The van der Waals surface area contributed by atoms with Crippen LogP contribution in [-0.4, -0.2) is 0 Å². The lowest BCUT2D eigenvalue weighted by Crippen LogP contribution is -1.87. The number of aryl methyl sites for hydroxylation is 1. The standard InChI is InChI=1S/C11H6N2/c1-9-4-2-5-10(8-13)11(9)6-3-7-12/h2,4-5H,1H3. The van der Waals surface area contributed by atoms with Gasteiger partial charge < -0.3 is 0 Å². The Hall–Kier alpha value is -2.24. The summed E-state index contributed by atoms with van der Waals surface area (Å²) in [6.45, 7) is 1.86. The van der Waals surface area contributed by atoms with E-state index in [1.54, 1.807) is 18.2 Å². The van der Waals surface area contributed by atoms with Gasteiger partial charge in [0.1, 0.15) is 6.07 Å². The quantitative estimate of drug-likeness (QED) is 0.551. The van der Waals surface area contributed by atoms with Crippen molar-refractivity contribution in [2.75, 3.05) is 0 Å². The summed E-state index contributed by atoms with van der Waals surface area (Å²) >= 11 is 0. The van der Waals surface area contributed by atoms with Gasteiger partial charge in [-0.25, -0.2) is 0 Å². The molecule has 0 amide bonds. The molecule has 0 aliphatic carbocycles. The number of hydrogen-bond acceptors (Lipinski definition) is 2. The van der Waals surface area contributed by atoms with Crippen molar-refractivity contribution >= 4 is 0 Å². The van der Waals surface area contributed by atoms with Crippen molar-refractivity contribution < 1.29 is 0 Å². The lowest BCUT2D eigenvalue weighted by Gasteiger charge is -1.98. The first-order valence-electron chi connectivity index (χ1n) is 3.69. The number of nitrogens with zero attached hydrogens (tertiary/aromatic N) is 2. The van der Waals surface area contributed by atoms with E-state index in [0.29, 0.717) is 11.1 Å². The second-order valence-electron chi connectivity index (χ2n) is 2.47. The highest BCUT2D eigenvalue weighted by Gasteiger charge is 2.00. The molecule has 0 heterocycles. The van der Waals surface area contributed by atoms with Gasteiger partial charge in [-0.2, -0.15) is 10.5 Å². The zero-order chi connectivity index (χ0) is 9.68. The van der Waals surface area contributed by atoms with Gasteiger partial charge in [-0.15, -0.1) is 0 Å². The number of nitriles is 2. The Balaban J connectivity index is 3.35. The number of rotatable bonds is 0. The van der Waals surface area contributed by atoms with Gasteiger partial charge in [-0.3, -0.25) is 0 Å². The molecule has 2 heteroatoms. The van der Waals surface area contributed by atoms with Crippen molar-refractivity contribution in [2.45, 2.75) is 6.92 Å². The second-order valence-corrected chi connectivity index (χ2v) is 2.47. The highest BCUT2D eigenvalue weighted by molar-refractivity contribution is 5.53. The fraction of sp³-hybridized carbons (Fsp3) is 0.0909. The highest BCUT2D eigenvalue weighted by atomic mass is 14.2. The lowest BCUT2D eigenvalue weighted by molar-refractivity contribution is 1.39. The molecule has 1 aromatic carbocycles. The maximum atomic E-state index is 8.74. The van der Waals surface area contributed by atoms with Gasteiger partial charge in [0.2, 0.25) is 0 Å². The van der Waals surface area contributed by atoms with Gasteiger partial charge in [-0.1, -0.05) is 12.1 Å². The topological polar surface area (TPSA) is 47.6 Å². The SMILES string of the molecule is Cc1cccc(C#N)c1C#CC#N. The van der Waals surface area contributed by atoms with Crippen LogP contribution in [0.15, 0.2) is 18.2 Å². The van der Waals surface area contributed by atoms with E-state index in [4.69, 9.17) is 10.5 Å². The molecule has 0 unspecified atom stereocenters. The van der Waals surface area contributed by atoms with Crippen LogP contribution in [0.25, 0.3) is 0 Å². The van der Waals surface area contributed by atoms with Crippen LogP contribution < -0.4 is 0 Å². The smallest absolute Gasteiger partial charge is 0.152 e. The largest absolute Gasteiger partial charge is 0.192 e. The summed E-state index contributed by atoms with van der Waals surface area (Å²) in [4.78, 5) is 0. The maximum Gasteiger partial charge on any atom is 0.152 e. The molecule has 0 spiro atoms. The molecular weight excluding hydrogens is 160 g/mol. The van der Waals surface area contributed by atoms with Crippen LogP contribution >= 0.6 is 0 Å². The summed E-state index contributed by atoms with van der Waals surface area (Å²) in [5.74, 6) is 4.93. The Morgan fingerprint density at radius 2 is 2.00 bits per heavy atom. The molecule has 1 aromatic rings. The molecular formula is C11H6N2. The van der Waals surface area contributed by atoms with Gasteiger partial charge in [-0.05, 0) is 24.5 Å². The normalized spacial score (nSPS) is 7.62. The minimum atomic E-state index is 0.516. The molecule has 0 bridgehead atoms. The minimum absolute atomic E-state index is 0.516. The third kappa shape index (κ3) is 1.86. The van der Waals surface area contributed by atoms with Gasteiger partial charge >= 0.3 is 0 Å². The predicted molar refractivity (Wildman–Crippen MR) is 48.4 cm³/mol.